The molecule has 2 atom stereocenters. The van der Waals surface area contributed by atoms with Crippen molar-refractivity contribution in [3.8, 4) is 0 Å². The lowest BCUT2D eigenvalue weighted by molar-refractivity contribution is -0.907. The van der Waals surface area contributed by atoms with Crippen molar-refractivity contribution in [1.82, 2.24) is 10.3 Å². The van der Waals surface area contributed by atoms with E-state index in [1.54, 1.807) is 6.20 Å². The molecule has 0 saturated heterocycles. The van der Waals surface area contributed by atoms with Gasteiger partial charge in [-0.05, 0) is 43.4 Å². The number of hydrogen-bond donors (Lipinski definition) is 5. The molecule has 40 heavy (non-hydrogen) atoms. The Balaban J connectivity index is 1.67. The van der Waals surface area contributed by atoms with Crippen molar-refractivity contribution >= 4 is 41.0 Å². The first-order valence-electron chi connectivity index (χ1n) is 13.9. The zero-order valence-corrected chi connectivity index (χ0v) is 24.2. The number of hydrogen-bond acceptors (Lipinski definition) is 7. The highest BCUT2D eigenvalue weighted by atomic mass is 32.1. The van der Waals surface area contributed by atoms with Gasteiger partial charge in [0.25, 0.3) is 0 Å². The third-order valence-electron chi connectivity index (χ3n) is 7.27. The summed E-state index contributed by atoms with van der Waals surface area (Å²) in [6.45, 7) is 3.61. The van der Waals surface area contributed by atoms with E-state index in [1.807, 2.05) is 54.6 Å². The van der Waals surface area contributed by atoms with E-state index in [-0.39, 0.29) is 11.8 Å². The van der Waals surface area contributed by atoms with Gasteiger partial charge < -0.3 is 44.9 Å². The zero-order valence-electron chi connectivity index (χ0n) is 23.4. The zero-order chi connectivity index (χ0) is 29.0. The summed E-state index contributed by atoms with van der Waals surface area (Å²) in [5.41, 5.74) is 21.3. The average Bonchev–Trinajstić information content (AvgIpc) is 2.95. The van der Waals surface area contributed by atoms with Crippen LogP contribution in [0.3, 0.4) is 0 Å². The van der Waals surface area contributed by atoms with Crippen LogP contribution in [0.1, 0.15) is 30.4 Å². The summed E-state index contributed by atoms with van der Waals surface area (Å²) in [4.78, 5) is 31.0. The smallest absolute Gasteiger partial charge is 0.247 e. The molecule has 2 aromatic carbocycles. The molecule has 0 saturated carbocycles. The third-order valence-corrected chi connectivity index (χ3v) is 7.60. The van der Waals surface area contributed by atoms with Gasteiger partial charge in [-0.1, -0.05) is 48.0 Å². The quantitative estimate of drug-likeness (QED) is 0.131. The van der Waals surface area contributed by atoms with E-state index < -0.39 is 12.1 Å². The normalized spacial score (nSPS) is 13.1. The Kier molecular flexibility index (Phi) is 12.4. The lowest BCUT2D eigenvalue weighted by Gasteiger charge is -2.34. The number of rotatable bonds is 16. The summed E-state index contributed by atoms with van der Waals surface area (Å²) < 4.78 is 0.747. The lowest BCUT2D eigenvalue weighted by atomic mass is 10.0. The van der Waals surface area contributed by atoms with E-state index in [2.05, 4.69) is 22.7 Å². The standard InChI is InChI=1S/C30H43N7O2S/c1-37(16-13-31,17-14-32)15-5-8-26(33)29(38)36-28(12-9-22-6-3-2-4-7-22)30(39)35-25-19-24-18-23(21-40)10-11-27(24)34-20-25/h2-4,6-7,10-11,18-20,26,28H,5,8-9,12-17,21,31-33H2,1H3,(H2-,35,36,38,39,40)/t26-,28+/m0/s1. The predicted molar refractivity (Wildman–Crippen MR) is 164 cm³/mol. The first-order chi connectivity index (χ1) is 19.3. The van der Waals surface area contributed by atoms with Crippen molar-refractivity contribution in [3.05, 3.63) is 71.9 Å². The number of quaternary nitrogens is 1. The largest absolute Gasteiger partial charge is 0.788 e. The minimum absolute atomic E-state index is 0.313. The Morgan fingerprint density at radius 3 is 2.35 bits per heavy atom. The molecule has 0 spiro atoms. The van der Waals surface area contributed by atoms with Crippen LogP contribution in [0.25, 0.3) is 10.9 Å². The summed E-state index contributed by atoms with van der Waals surface area (Å²) in [6.07, 6.45) is 3.92. The first kappa shape index (κ1) is 31.5. The van der Waals surface area contributed by atoms with Gasteiger partial charge in [0.05, 0.1) is 50.1 Å². The van der Waals surface area contributed by atoms with Crippen LogP contribution in [0.4, 0.5) is 5.69 Å². The number of nitrogens with two attached hydrogens (primary N) is 3. The molecule has 1 heterocycles. The van der Waals surface area contributed by atoms with E-state index in [0.717, 1.165) is 52.6 Å². The number of aromatic nitrogens is 1. The molecular formula is C30H43N7O2S. The molecule has 0 fully saturated rings. The fourth-order valence-corrected chi connectivity index (χ4v) is 5.03. The van der Waals surface area contributed by atoms with Crippen LogP contribution in [0.15, 0.2) is 60.8 Å². The molecule has 3 aromatic rings. The summed E-state index contributed by atoms with van der Waals surface area (Å²) >= 11 is 5.17. The molecule has 0 radical (unpaired) electrons. The maximum atomic E-state index is 13.4. The fourth-order valence-electron chi connectivity index (χ4n) is 4.85. The van der Waals surface area contributed by atoms with Crippen molar-refractivity contribution in [2.75, 3.05) is 45.1 Å². The van der Waals surface area contributed by atoms with Crippen molar-refractivity contribution in [2.45, 2.75) is 43.5 Å². The third kappa shape index (κ3) is 9.57. The fraction of sp³-hybridized carbons (Fsp3) is 0.433. The van der Waals surface area contributed by atoms with Crippen molar-refractivity contribution in [3.63, 3.8) is 0 Å². The molecule has 9 nitrogen and oxygen atoms in total. The second-order valence-corrected chi connectivity index (χ2v) is 10.9. The molecular weight excluding hydrogens is 522 g/mol. The molecule has 0 aliphatic rings. The minimum atomic E-state index is -0.760. The number of carbonyl (C=O) groups excluding carboxylic acids is 2. The highest BCUT2D eigenvalue weighted by Crippen LogP contribution is 2.19. The number of amides is 2. The van der Waals surface area contributed by atoms with E-state index in [1.165, 1.54) is 0 Å². The van der Waals surface area contributed by atoms with Gasteiger partial charge in [0, 0.05) is 18.5 Å². The highest BCUT2D eigenvalue weighted by Gasteiger charge is 2.25. The molecule has 2 amide bonds. The molecule has 0 unspecified atom stereocenters. The number of likely N-dealkylation sites (N-methyl/N-ethyl adjacent to an activating group) is 1. The maximum absolute atomic E-state index is 13.4. The first-order valence-corrected chi connectivity index (χ1v) is 14.5. The minimum Gasteiger partial charge on any atom is -0.788 e. The summed E-state index contributed by atoms with van der Waals surface area (Å²) in [6, 6.07) is 16.1. The Morgan fingerprint density at radius 1 is 0.950 bits per heavy atom. The molecule has 0 bridgehead atoms. The summed E-state index contributed by atoms with van der Waals surface area (Å²) in [7, 11) is 2.12. The van der Waals surface area contributed by atoms with E-state index in [0.29, 0.717) is 43.8 Å². The van der Waals surface area contributed by atoms with Gasteiger partial charge in [-0.15, -0.1) is 0 Å². The van der Waals surface area contributed by atoms with Crippen LogP contribution in [-0.2, 0) is 34.4 Å². The highest BCUT2D eigenvalue weighted by molar-refractivity contribution is 7.57. The summed E-state index contributed by atoms with van der Waals surface area (Å²) in [5.74, 6) is -0.155. The Bertz CT molecular complexity index is 1240. The number of aryl methyl sites for hydroxylation is 1. The van der Waals surface area contributed by atoms with Crippen molar-refractivity contribution in [2.24, 2.45) is 17.2 Å². The maximum Gasteiger partial charge on any atom is 0.247 e. The van der Waals surface area contributed by atoms with Crippen LogP contribution < -0.4 is 27.8 Å². The van der Waals surface area contributed by atoms with E-state index >= 15 is 0 Å². The lowest BCUT2D eigenvalue weighted by Crippen LogP contribution is -2.52. The predicted octanol–water partition coefficient (Wildman–Crippen LogP) is 1.81. The van der Waals surface area contributed by atoms with Crippen LogP contribution in [0, 0.1) is 0 Å². The molecule has 8 N–H and O–H groups in total. The number of anilines is 1. The number of carbonyl (C=O) groups is 2. The SMILES string of the molecule is C[N+](CCN)(CCN)CCC[C@H](N)C(=O)N[C@H](CCc1ccccc1)C(=O)Nc1cnc2ccc(C[S-])cc2c1. The Labute approximate surface area is 242 Å². The van der Waals surface area contributed by atoms with Gasteiger partial charge >= 0.3 is 0 Å². The molecule has 0 aliphatic heterocycles. The van der Waals surface area contributed by atoms with Gasteiger partial charge in [-0.2, -0.15) is 5.75 Å². The summed E-state index contributed by atoms with van der Waals surface area (Å²) in [5, 5.41) is 6.73. The number of pyridine rings is 1. The van der Waals surface area contributed by atoms with Gasteiger partial charge in [-0.25, -0.2) is 0 Å². The van der Waals surface area contributed by atoms with Crippen LogP contribution in [-0.4, -0.2) is 73.1 Å². The molecule has 3 rings (SSSR count). The monoisotopic (exact) mass is 565 g/mol. The molecule has 1 aromatic heterocycles. The molecule has 0 aliphatic carbocycles. The second-order valence-electron chi connectivity index (χ2n) is 10.6. The van der Waals surface area contributed by atoms with Crippen molar-refractivity contribution in [1.29, 1.82) is 0 Å². The number of nitrogens with zero attached hydrogens (tertiary/aromatic N) is 2. The van der Waals surface area contributed by atoms with E-state index in [9.17, 15) is 9.59 Å². The average molecular weight is 566 g/mol. The molecule has 216 valence electrons. The van der Waals surface area contributed by atoms with Crippen LogP contribution in [0.5, 0.6) is 0 Å². The van der Waals surface area contributed by atoms with Gasteiger partial charge in [0.1, 0.15) is 6.04 Å². The molecule has 10 heteroatoms. The second kappa shape index (κ2) is 15.7. The Hall–Kier alpha value is -3.02. The number of benzene rings is 2. The van der Waals surface area contributed by atoms with Gasteiger partial charge in [0.15, 0.2) is 0 Å². The number of nitrogens with one attached hydrogen (secondary N) is 2. The van der Waals surface area contributed by atoms with Crippen molar-refractivity contribution < 1.29 is 14.1 Å². The van der Waals surface area contributed by atoms with Gasteiger partial charge in [0.2, 0.25) is 11.8 Å². The topological polar surface area (TPSA) is 149 Å². The van der Waals surface area contributed by atoms with Gasteiger partial charge in [-0.3, -0.25) is 14.6 Å². The van der Waals surface area contributed by atoms with Crippen LogP contribution >= 0.6 is 0 Å². The Morgan fingerprint density at radius 2 is 1.68 bits per heavy atom. The van der Waals surface area contributed by atoms with E-state index in [4.69, 9.17) is 29.8 Å². The number of fused-ring (bicyclic) bond motifs is 1. The van der Waals surface area contributed by atoms with Crippen LogP contribution in [0.2, 0.25) is 0 Å².